The van der Waals surface area contributed by atoms with Crippen LogP contribution >= 0.6 is 0 Å². The molecule has 0 atom stereocenters. The van der Waals surface area contributed by atoms with Gasteiger partial charge in [-0.3, -0.25) is 14.4 Å². The summed E-state index contributed by atoms with van der Waals surface area (Å²) in [7, 11) is 1.71. The Hall–Kier alpha value is -2.81. The van der Waals surface area contributed by atoms with E-state index in [1.807, 2.05) is 0 Å². The number of hydrogen-bond donors (Lipinski definition) is 2. The Morgan fingerprint density at radius 2 is 2.07 bits per heavy atom. The van der Waals surface area contributed by atoms with Gasteiger partial charge in [0.1, 0.15) is 5.82 Å². The number of fused-ring (bicyclic) bond motifs is 1. The molecule has 1 aliphatic rings. The van der Waals surface area contributed by atoms with Gasteiger partial charge in [0.05, 0.1) is 24.5 Å². The van der Waals surface area contributed by atoms with Gasteiger partial charge in [-0.15, -0.1) is 0 Å². The molecule has 27 heavy (non-hydrogen) atoms. The number of amides is 1. The summed E-state index contributed by atoms with van der Waals surface area (Å²) >= 11 is 0. The summed E-state index contributed by atoms with van der Waals surface area (Å²) in [5.41, 5.74) is 2.41. The molecule has 0 aliphatic carbocycles. The van der Waals surface area contributed by atoms with E-state index in [4.69, 9.17) is 0 Å². The van der Waals surface area contributed by atoms with Crippen molar-refractivity contribution >= 4 is 16.8 Å². The molecule has 0 bridgehead atoms. The second-order valence-electron chi connectivity index (χ2n) is 6.78. The highest BCUT2D eigenvalue weighted by Crippen LogP contribution is 2.26. The van der Waals surface area contributed by atoms with E-state index < -0.39 is 5.92 Å². The first-order valence-corrected chi connectivity index (χ1v) is 8.52. The van der Waals surface area contributed by atoms with E-state index in [1.54, 1.807) is 34.8 Å². The maximum Gasteiger partial charge on any atom is 0.272 e. The molecule has 1 aromatic carbocycles. The van der Waals surface area contributed by atoms with Crippen molar-refractivity contribution in [2.75, 3.05) is 26.2 Å². The highest BCUT2D eigenvalue weighted by Gasteiger charge is 2.43. The van der Waals surface area contributed by atoms with Crippen molar-refractivity contribution in [2.45, 2.75) is 5.92 Å². The van der Waals surface area contributed by atoms with Gasteiger partial charge in [-0.05, 0) is 30.3 Å². The van der Waals surface area contributed by atoms with E-state index in [2.05, 4.69) is 15.4 Å². The number of carbonyl (C=O) groups is 1. The van der Waals surface area contributed by atoms with Crippen LogP contribution in [-0.4, -0.2) is 57.7 Å². The van der Waals surface area contributed by atoms with Crippen LogP contribution in [0.15, 0.2) is 30.3 Å². The first-order chi connectivity index (χ1) is 12.8. The molecule has 3 heterocycles. The van der Waals surface area contributed by atoms with Gasteiger partial charge in [0, 0.05) is 31.0 Å². The minimum atomic E-state index is -2.61. The van der Waals surface area contributed by atoms with E-state index in [0.717, 1.165) is 10.9 Å². The summed E-state index contributed by atoms with van der Waals surface area (Å²) in [4.78, 5) is 17.0. The molecule has 0 radical (unpaired) electrons. The predicted molar refractivity (Wildman–Crippen MR) is 94.2 cm³/mol. The van der Waals surface area contributed by atoms with E-state index in [9.17, 15) is 18.0 Å². The van der Waals surface area contributed by atoms with Gasteiger partial charge >= 0.3 is 0 Å². The number of alkyl halides is 2. The number of aryl methyl sites for hydroxylation is 1. The van der Waals surface area contributed by atoms with Crippen LogP contribution in [0.25, 0.3) is 22.3 Å². The lowest BCUT2D eigenvalue weighted by atomic mass is 10.1. The lowest BCUT2D eigenvalue weighted by Gasteiger charge is -2.38. The quantitative estimate of drug-likeness (QED) is 0.718. The Morgan fingerprint density at radius 3 is 2.81 bits per heavy atom. The van der Waals surface area contributed by atoms with Crippen molar-refractivity contribution in [3.05, 3.63) is 41.8 Å². The molecule has 9 heteroatoms. The summed E-state index contributed by atoms with van der Waals surface area (Å²) < 4.78 is 40.5. The van der Waals surface area contributed by atoms with Gasteiger partial charge in [0.15, 0.2) is 5.69 Å². The predicted octanol–water partition coefficient (Wildman–Crippen LogP) is 2.39. The van der Waals surface area contributed by atoms with Crippen LogP contribution in [-0.2, 0) is 7.05 Å². The van der Waals surface area contributed by atoms with Crippen molar-refractivity contribution < 1.29 is 18.0 Å². The number of carbonyl (C=O) groups excluding carboxylic acids is 1. The van der Waals surface area contributed by atoms with Crippen molar-refractivity contribution in [3.8, 4) is 11.4 Å². The fraction of sp³-hybridized carbons (Fsp3) is 0.333. The summed E-state index contributed by atoms with van der Waals surface area (Å²) in [5.74, 6) is -3.30. The molecule has 2 N–H and O–H groups in total. The summed E-state index contributed by atoms with van der Waals surface area (Å²) in [5, 5.41) is 7.62. The van der Waals surface area contributed by atoms with Gasteiger partial charge in [0.25, 0.3) is 11.8 Å². The molecular weight excluding hydrogens is 359 g/mol. The standard InChI is InChI=1S/C18H18F3N5O/c1-25-16(14-7-11-6-12(19)2-3-13(11)23-14)8-15(24-25)17(27)22-4-5-26-9-18(20,21)10-26/h2-3,6-8,23H,4-5,9-10H2,1H3,(H,22,27). The first kappa shape index (κ1) is 17.6. The van der Waals surface area contributed by atoms with E-state index in [1.165, 1.54) is 12.1 Å². The SMILES string of the molecule is Cn1nc(C(=O)NCCN2CC(F)(F)C2)cc1-c1cc2cc(F)ccc2[nH]1. The number of benzene rings is 1. The first-order valence-electron chi connectivity index (χ1n) is 8.52. The van der Waals surface area contributed by atoms with Crippen LogP contribution < -0.4 is 5.32 Å². The van der Waals surface area contributed by atoms with Crippen LogP contribution in [0.4, 0.5) is 13.2 Å². The molecule has 0 spiro atoms. The van der Waals surface area contributed by atoms with Crippen LogP contribution in [0.1, 0.15) is 10.5 Å². The van der Waals surface area contributed by atoms with Crippen LogP contribution in [0.3, 0.4) is 0 Å². The third-order valence-electron chi connectivity index (χ3n) is 4.59. The Balaban J connectivity index is 1.43. The van der Waals surface area contributed by atoms with Crippen LogP contribution in [0, 0.1) is 5.82 Å². The lowest BCUT2D eigenvalue weighted by molar-refractivity contribution is -0.129. The molecule has 1 amide bonds. The van der Waals surface area contributed by atoms with E-state index in [-0.39, 0.29) is 37.1 Å². The second kappa shape index (κ2) is 6.41. The zero-order valence-corrected chi connectivity index (χ0v) is 14.6. The average molecular weight is 377 g/mol. The average Bonchev–Trinajstić information content (AvgIpc) is 3.15. The maximum atomic E-state index is 13.4. The molecule has 1 saturated heterocycles. The molecule has 3 aromatic rings. The Bertz CT molecular complexity index is 1000. The summed E-state index contributed by atoms with van der Waals surface area (Å²) in [6.07, 6.45) is 0. The lowest BCUT2D eigenvalue weighted by Crippen LogP contribution is -2.57. The third kappa shape index (κ3) is 3.55. The molecule has 1 aliphatic heterocycles. The van der Waals surface area contributed by atoms with Gasteiger partial charge < -0.3 is 10.3 Å². The number of H-pyrrole nitrogens is 1. The van der Waals surface area contributed by atoms with Gasteiger partial charge in [-0.2, -0.15) is 5.10 Å². The van der Waals surface area contributed by atoms with Gasteiger partial charge in [0.2, 0.25) is 0 Å². The minimum absolute atomic E-state index is 0.228. The molecule has 1 fully saturated rings. The molecular formula is C18H18F3N5O. The van der Waals surface area contributed by atoms with Crippen molar-refractivity contribution in [1.29, 1.82) is 0 Å². The molecule has 4 rings (SSSR count). The Morgan fingerprint density at radius 1 is 1.30 bits per heavy atom. The van der Waals surface area contributed by atoms with Crippen molar-refractivity contribution in [2.24, 2.45) is 7.05 Å². The second-order valence-corrected chi connectivity index (χ2v) is 6.78. The maximum absolute atomic E-state index is 13.4. The fourth-order valence-corrected chi connectivity index (χ4v) is 3.26. The monoisotopic (exact) mass is 377 g/mol. The number of likely N-dealkylation sites (tertiary alicyclic amines) is 1. The number of hydrogen-bond acceptors (Lipinski definition) is 3. The zero-order chi connectivity index (χ0) is 19.2. The summed E-state index contributed by atoms with van der Waals surface area (Å²) in [6, 6.07) is 7.88. The van der Waals surface area contributed by atoms with E-state index in [0.29, 0.717) is 17.9 Å². The molecule has 0 unspecified atom stereocenters. The smallest absolute Gasteiger partial charge is 0.272 e. The third-order valence-corrected chi connectivity index (χ3v) is 4.59. The number of rotatable bonds is 5. The highest BCUT2D eigenvalue weighted by molar-refractivity contribution is 5.94. The minimum Gasteiger partial charge on any atom is -0.353 e. The molecule has 0 saturated carbocycles. The van der Waals surface area contributed by atoms with Crippen molar-refractivity contribution in [3.63, 3.8) is 0 Å². The number of aromatic nitrogens is 3. The molecule has 6 nitrogen and oxygen atoms in total. The Labute approximate surface area is 153 Å². The normalized spacial score (nSPS) is 16.4. The molecule has 2 aromatic heterocycles. The molecule has 142 valence electrons. The van der Waals surface area contributed by atoms with E-state index >= 15 is 0 Å². The number of aromatic amines is 1. The topological polar surface area (TPSA) is 66.0 Å². The van der Waals surface area contributed by atoms with Crippen molar-refractivity contribution in [1.82, 2.24) is 25.0 Å². The number of halogens is 3. The van der Waals surface area contributed by atoms with Gasteiger partial charge in [-0.1, -0.05) is 0 Å². The Kier molecular flexibility index (Phi) is 4.18. The highest BCUT2D eigenvalue weighted by atomic mass is 19.3. The van der Waals surface area contributed by atoms with Crippen LogP contribution in [0.5, 0.6) is 0 Å². The van der Waals surface area contributed by atoms with Crippen LogP contribution in [0.2, 0.25) is 0 Å². The number of nitrogens with one attached hydrogen (secondary N) is 2. The summed E-state index contributed by atoms with van der Waals surface area (Å²) in [6.45, 7) is 0.107. The number of nitrogens with zero attached hydrogens (tertiary/aromatic N) is 3. The fourth-order valence-electron chi connectivity index (χ4n) is 3.26. The zero-order valence-electron chi connectivity index (χ0n) is 14.6. The van der Waals surface area contributed by atoms with Gasteiger partial charge in [-0.25, -0.2) is 13.2 Å². The largest absolute Gasteiger partial charge is 0.353 e.